The van der Waals surface area contributed by atoms with E-state index in [4.69, 9.17) is 4.74 Å². The molecule has 0 bridgehead atoms. The lowest BCUT2D eigenvalue weighted by atomic mass is 10.00. The SMILES string of the molecule is Cc1c(OCC(O)C[N+](C)(C)C)c(C)c2c(=O)c3ccccc3sc2c1C. The summed E-state index contributed by atoms with van der Waals surface area (Å²) >= 11 is 1.65. The predicted octanol–water partition coefficient (Wildman–Crippen LogP) is 3.79. The van der Waals surface area contributed by atoms with Gasteiger partial charge >= 0.3 is 0 Å². The molecule has 0 spiro atoms. The van der Waals surface area contributed by atoms with Gasteiger partial charge in [-0.1, -0.05) is 12.1 Å². The Bertz CT molecular complexity index is 1060. The Labute approximate surface area is 164 Å². The van der Waals surface area contributed by atoms with Crippen LogP contribution in [-0.2, 0) is 0 Å². The largest absolute Gasteiger partial charge is 0.490 e. The van der Waals surface area contributed by atoms with Gasteiger partial charge in [0.2, 0.25) is 0 Å². The normalized spacial score (nSPS) is 13.3. The molecule has 0 saturated carbocycles. The highest BCUT2D eigenvalue weighted by atomic mass is 32.1. The minimum atomic E-state index is -0.564. The molecule has 3 aromatic rings. The third kappa shape index (κ3) is 3.86. The first-order valence-corrected chi connectivity index (χ1v) is 9.98. The number of aliphatic hydroxyl groups is 1. The van der Waals surface area contributed by atoms with E-state index in [1.54, 1.807) is 11.3 Å². The summed E-state index contributed by atoms with van der Waals surface area (Å²) in [4.78, 5) is 13.1. The number of fused-ring (bicyclic) bond motifs is 2. The van der Waals surface area contributed by atoms with Crippen LogP contribution in [0.25, 0.3) is 20.2 Å². The van der Waals surface area contributed by atoms with Gasteiger partial charge < -0.3 is 14.3 Å². The molecule has 1 aromatic heterocycles. The third-order valence-electron chi connectivity index (χ3n) is 4.94. The van der Waals surface area contributed by atoms with E-state index in [0.29, 0.717) is 11.0 Å². The molecular weight excluding hydrogens is 358 g/mol. The number of hydrogen-bond donors (Lipinski definition) is 1. The molecule has 0 fully saturated rings. The maximum Gasteiger partial charge on any atom is 0.196 e. The van der Waals surface area contributed by atoms with E-state index in [0.717, 1.165) is 42.6 Å². The van der Waals surface area contributed by atoms with Gasteiger partial charge in [-0.2, -0.15) is 0 Å². The van der Waals surface area contributed by atoms with Crippen molar-refractivity contribution in [3.63, 3.8) is 0 Å². The standard InChI is InChI=1S/C22H28NO3S/c1-13-14(2)22-19(20(25)17-9-7-8-10-18(17)27-22)15(3)21(13)26-12-16(24)11-23(4,5)6/h7-10,16,24H,11-12H2,1-6H3/q+1. The number of hydrogen-bond acceptors (Lipinski definition) is 4. The Morgan fingerprint density at radius 2 is 1.74 bits per heavy atom. The molecule has 5 heteroatoms. The second kappa shape index (κ2) is 7.23. The van der Waals surface area contributed by atoms with Crippen molar-refractivity contribution < 1.29 is 14.3 Å². The molecule has 0 radical (unpaired) electrons. The van der Waals surface area contributed by atoms with Crippen molar-refractivity contribution in [2.45, 2.75) is 26.9 Å². The number of aryl methyl sites for hydroxylation is 2. The molecule has 27 heavy (non-hydrogen) atoms. The molecule has 2 aromatic carbocycles. The quantitative estimate of drug-likeness (QED) is 0.536. The van der Waals surface area contributed by atoms with Gasteiger partial charge in [0.25, 0.3) is 0 Å². The van der Waals surface area contributed by atoms with Crippen molar-refractivity contribution in [2.75, 3.05) is 34.3 Å². The molecule has 0 aliphatic heterocycles. The van der Waals surface area contributed by atoms with Crippen molar-refractivity contribution in [1.29, 1.82) is 0 Å². The van der Waals surface area contributed by atoms with Gasteiger partial charge in [-0.15, -0.1) is 11.3 Å². The molecule has 1 heterocycles. The fraction of sp³-hybridized carbons (Fsp3) is 0.409. The smallest absolute Gasteiger partial charge is 0.196 e. The summed E-state index contributed by atoms with van der Waals surface area (Å²) in [7, 11) is 6.11. The average Bonchev–Trinajstić information content (AvgIpc) is 2.58. The molecule has 1 N–H and O–H groups in total. The Kier molecular flexibility index (Phi) is 5.30. The second-order valence-corrected chi connectivity index (χ2v) is 9.33. The van der Waals surface area contributed by atoms with Crippen LogP contribution in [0.2, 0.25) is 0 Å². The zero-order valence-electron chi connectivity index (χ0n) is 16.9. The lowest BCUT2D eigenvalue weighted by Gasteiger charge is -2.27. The van der Waals surface area contributed by atoms with Gasteiger partial charge in [0.15, 0.2) is 5.43 Å². The number of benzene rings is 2. The van der Waals surface area contributed by atoms with Crippen molar-refractivity contribution in [1.82, 2.24) is 0 Å². The fourth-order valence-electron chi connectivity index (χ4n) is 3.56. The van der Waals surface area contributed by atoms with Crippen LogP contribution in [0.3, 0.4) is 0 Å². The summed E-state index contributed by atoms with van der Waals surface area (Å²) in [5, 5.41) is 11.8. The minimum Gasteiger partial charge on any atom is -0.490 e. The van der Waals surface area contributed by atoms with Crippen LogP contribution in [0, 0.1) is 20.8 Å². The fourth-order valence-corrected chi connectivity index (χ4v) is 4.85. The molecule has 0 aliphatic rings. The van der Waals surface area contributed by atoms with Crippen molar-refractivity contribution in [3.8, 4) is 5.75 Å². The van der Waals surface area contributed by atoms with E-state index in [1.807, 2.05) is 66.2 Å². The van der Waals surface area contributed by atoms with Gasteiger partial charge in [-0.25, -0.2) is 0 Å². The zero-order chi connectivity index (χ0) is 19.9. The summed E-state index contributed by atoms with van der Waals surface area (Å²) in [5.74, 6) is 0.722. The second-order valence-electron chi connectivity index (χ2n) is 8.27. The van der Waals surface area contributed by atoms with E-state index >= 15 is 0 Å². The summed E-state index contributed by atoms with van der Waals surface area (Å²) in [6.45, 7) is 6.82. The molecule has 0 aliphatic carbocycles. The minimum absolute atomic E-state index is 0.0525. The zero-order valence-corrected chi connectivity index (χ0v) is 17.7. The predicted molar refractivity (Wildman–Crippen MR) is 114 cm³/mol. The first kappa shape index (κ1) is 19.8. The van der Waals surface area contributed by atoms with Crippen LogP contribution in [0.4, 0.5) is 0 Å². The Morgan fingerprint density at radius 1 is 1.07 bits per heavy atom. The van der Waals surface area contributed by atoms with Crippen LogP contribution in [0.15, 0.2) is 29.1 Å². The monoisotopic (exact) mass is 386 g/mol. The average molecular weight is 387 g/mol. The van der Waals surface area contributed by atoms with Gasteiger partial charge in [0.05, 0.1) is 21.1 Å². The number of aliphatic hydroxyl groups excluding tert-OH is 1. The maximum absolute atomic E-state index is 13.1. The highest BCUT2D eigenvalue weighted by molar-refractivity contribution is 7.24. The highest BCUT2D eigenvalue weighted by Gasteiger charge is 2.20. The molecule has 4 nitrogen and oxygen atoms in total. The van der Waals surface area contributed by atoms with Crippen LogP contribution in [0.1, 0.15) is 16.7 Å². The first-order valence-electron chi connectivity index (χ1n) is 9.17. The Hall–Kier alpha value is -1.95. The van der Waals surface area contributed by atoms with E-state index in [2.05, 4.69) is 0 Å². The number of ether oxygens (including phenoxy) is 1. The molecule has 1 unspecified atom stereocenters. The van der Waals surface area contributed by atoms with E-state index in [1.165, 1.54) is 0 Å². The van der Waals surface area contributed by atoms with E-state index in [9.17, 15) is 9.90 Å². The van der Waals surface area contributed by atoms with Gasteiger partial charge in [0.1, 0.15) is 25.0 Å². The topological polar surface area (TPSA) is 46.5 Å². The summed E-state index contributed by atoms with van der Waals surface area (Å²) in [6, 6.07) is 7.74. The molecule has 0 amide bonds. The van der Waals surface area contributed by atoms with Crippen LogP contribution >= 0.6 is 11.3 Å². The van der Waals surface area contributed by atoms with Crippen molar-refractivity contribution >= 4 is 31.5 Å². The summed E-state index contributed by atoms with van der Waals surface area (Å²) in [5.41, 5.74) is 3.01. The van der Waals surface area contributed by atoms with Gasteiger partial charge in [-0.05, 0) is 44.0 Å². The molecule has 0 saturated heterocycles. The number of rotatable bonds is 5. The third-order valence-corrected chi connectivity index (χ3v) is 6.23. The van der Waals surface area contributed by atoms with Crippen molar-refractivity contribution in [2.24, 2.45) is 0 Å². The van der Waals surface area contributed by atoms with E-state index < -0.39 is 6.10 Å². The Balaban J connectivity index is 2.11. The highest BCUT2D eigenvalue weighted by Crippen LogP contribution is 2.37. The van der Waals surface area contributed by atoms with Crippen LogP contribution < -0.4 is 10.2 Å². The number of quaternary nitrogens is 1. The first-order chi connectivity index (χ1) is 12.6. The number of nitrogens with zero attached hydrogens (tertiary/aromatic N) is 1. The van der Waals surface area contributed by atoms with E-state index in [-0.39, 0.29) is 12.0 Å². The summed E-state index contributed by atoms with van der Waals surface area (Å²) in [6.07, 6.45) is -0.564. The lowest BCUT2D eigenvalue weighted by Crippen LogP contribution is -2.43. The molecular formula is C22H28NO3S+. The summed E-state index contributed by atoms with van der Waals surface area (Å²) < 4.78 is 8.73. The van der Waals surface area contributed by atoms with Gasteiger partial charge in [0, 0.05) is 25.7 Å². The molecule has 144 valence electrons. The van der Waals surface area contributed by atoms with Gasteiger partial charge in [-0.3, -0.25) is 4.79 Å². The maximum atomic E-state index is 13.1. The van der Waals surface area contributed by atoms with Crippen LogP contribution in [-0.4, -0.2) is 50.0 Å². The molecule has 3 rings (SSSR count). The Morgan fingerprint density at radius 3 is 2.41 bits per heavy atom. The van der Waals surface area contributed by atoms with Crippen molar-refractivity contribution in [3.05, 3.63) is 51.2 Å². The number of likely N-dealkylation sites (N-methyl/N-ethyl adjacent to an activating group) is 1. The lowest BCUT2D eigenvalue weighted by molar-refractivity contribution is -0.873. The van der Waals surface area contributed by atoms with Crippen LogP contribution in [0.5, 0.6) is 5.75 Å². The molecule has 1 atom stereocenters.